The van der Waals surface area contributed by atoms with Crippen LogP contribution in [0.25, 0.3) is 10.9 Å². The van der Waals surface area contributed by atoms with Crippen LogP contribution in [0.3, 0.4) is 0 Å². The van der Waals surface area contributed by atoms with Gasteiger partial charge in [0, 0.05) is 31.9 Å². The van der Waals surface area contributed by atoms with Crippen molar-refractivity contribution in [2.75, 3.05) is 31.1 Å². The van der Waals surface area contributed by atoms with E-state index in [1.165, 1.54) is 44.5 Å². The zero-order valence-electron chi connectivity index (χ0n) is 17.7. The predicted molar refractivity (Wildman–Crippen MR) is 116 cm³/mol. The van der Waals surface area contributed by atoms with Crippen LogP contribution in [-0.2, 0) is 16.6 Å². The molecule has 3 aliphatic heterocycles. The molecule has 5 rings (SSSR count). The molecule has 2 atom stereocenters. The second-order valence-corrected chi connectivity index (χ2v) is 9.22. The van der Waals surface area contributed by atoms with Crippen molar-refractivity contribution in [1.29, 1.82) is 0 Å². The smallest absolute Gasteiger partial charge is 0.235 e. The number of amides is 2. The van der Waals surface area contributed by atoms with Crippen molar-refractivity contribution in [2.45, 2.75) is 44.4 Å². The minimum Gasteiger partial charge on any atom is -0.369 e. The number of rotatable bonds is 4. The Balaban J connectivity index is 1.39. The van der Waals surface area contributed by atoms with Crippen LogP contribution in [0.2, 0.25) is 0 Å². The predicted octanol–water partition coefficient (Wildman–Crippen LogP) is 2.31. The second kappa shape index (κ2) is 8.02. The molecule has 3 aliphatic rings. The fraction of sp³-hybridized carbons (Fsp3) is 0.609. The van der Waals surface area contributed by atoms with Crippen molar-refractivity contribution in [3.8, 4) is 0 Å². The first-order chi connectivity index (χ1) is 14.6. The first-order valence-corrected chi connectivity index (χ1v) is 11.3. The van der Waals surface area contributed by atoms with Crippen LogP contribution in [0.5, 0.6) is 0 Å². The molecule has 1 aromatic carbocycles. The van der Waals surface area contributed by atoms with Crippen molar-refractivity contribution < 1.29 is 9.59 Å². The zero-order chi connectivity index (χ0) is 20.7. The monoisotopic (exact) mass is 409 g/mol. The number of anilines is 1. The number of nitrogens with one attached hydrogen (secondary N) is 2. The molecular formula is C23H31N5O2. The van der Waals surface area contributed by atoms with E-state index in [0.717, 1.165) is 41.5 Å². The highest BCUT2D eigenvalue weighted by molar-refractivity contribution is 6.03. The zero-order valence-corrected chi connectivity index (χ0v) is 17.7. The lowest BCUT2D eigenvalue weighted by Crippen LogP contribution is -2.39. The summed E-state index contributed by atoms with van der Waals surface area (Å²) in [5.41, 5.74) is 3.11. The molecule has 2 unspecified atom stereocenters. The van der Waals surface area contributed by atoms with E-state index in [1.807, 2.05) is 11.7 Å². The molecule has 3 saturated heterocycles. The van der Waals surface area contributed by atoms with Gasteiger partial charge >= 0.3 is 0 Å². The maximum Gasteiger partial charge on any atom is 0.235 e. The Morgan fingerprint density at radius 2 is 1.93 bits per heavy atom. The topological polar surface area (TPSA) is 79.3 Å². The van der Waals surface area contributed by atoms with Gasteiger partial charge in [-0.15, -0.1) is 0 Å². The van der Waals surface area contributed by atoms with Gasteiger partial charge in [0.1, 0.15) is 0 Å². The van der Waals surface area contributed by atoms with Gasteiger partial charge in [0.15, 0.2) is 0 Å². The number of carbonyl (C=O) groups excluding carboxylic acids is 2. The van der Waals surface area contributed by atoms with Gasteiger partial charge in [-0.25, -0.2) is 0 Å². The van der Waals surface area contributed by atoms with Crippen molar-refractivity contribution >= 4 is 28.4 Å². The summed E-state index contributed by atoms with van der Waals surface area (Å²) in [7, 11) is 1.96. The van der Waals surface area contributed by atoms with Gasteiger partial charge in [-0.1, -0.05) is 12.1 Å². The molecule has 7 nitrogen and oxygen atoms in total. The highest BCUT2D eigenvalue weighted by atomic mass is 16.2. The normalized spacial score (nSPS) is 25.8. The van der Waals surface area contributed by atoms with Crippen LogP contribution < -0.4 is 15.5 Å². The number of aromatic nitrogens is 2. The van der Waals surface area contributed by atoms with Crippen molar-refractivity contribution in [2.24, 2.45) is 18.9 Å². The van der Waals surface area contributed by atoms with Gasteiger partial charge in [-0.05, 0) is 63.1 Å². The number of fused-ring (bicyclic) bond motifs is 1. The van der Waals surface area contributed by atoms with Gasteiger partial charge in [-0.3, -0.25) is 19.6 Å². The van der Waals surface area contributed by atoms with Crippen molar-refractivity contribution in [1.82, 2.24) is 20.4 Å². The fourth-order valence-corrected chi connectivity index (χ4v) is 5.64. The van der Waals surface area contributed by atoms with E-state index in [1.54, 1.807) is 0 Å². The molecule has 0 spiro atoms. The van der Waals surface area contributed by atoms with Crippen molar-refractivity contribution in [3.63, 3.8) is 0 Å². The lowest BCUT2D eigenvalue weighted by molar-refractivity contribution is -0.134. The van der Waals surface area contributed by atoms with E-state index >= 15 is 0 Å². The molecule has 160 valence electrons. The summed E-state index contributed by atoms with van der Waals surface area (Å²) in [6.45, 7) is 4.51. The average molecular weight is 410 g/mol. The maximum atomic E-state index is 12.4. The minimum absolute atomic E-state index is 0.186. The molecule has 0 aliphatic carbocycles. The molecule has 7 heteroatoms. The highest BCUT2D eigenvalue weighted by Crippen LogP contribution is 2.37. The van der Waals surface area contributed by atoms with E-state index in [2.05, 4.69) is 33.7 Å². The summed E-state index contributed by atoms with van der Waals surface area (Å²) in [5, 5.41) is 11.7. The molecule has 3 fully saturated rings. The van der Waals surface area contributed by atoms with Crippen LogP contribution in [0.15, 0.2) is 18.2 Å². The third-order valence-corrected chi connectivity index (χ3v) is 7.19. The molecule has 2 amide bonds. The van der Waals surface area contributed by atoms with E-state index in [9.17, 15) is 9.59 Å². The number of carbonyl (C=O) groups is 2. The molecule has 0 bridgehead atoms. The van der Waals surface area contributed by atoms with Crippen LogP contribution in [0.1, 0.15) is 50.1 Å². The van der Waals surface area contributed by atoms with E-state index in [-0.39, 0.29) is 17.7 Å². The third kappa shape index (κ3) is 3.60. The van der Waals surface area contributed by atoms with Gasteiger partial charge in [-0.2, -0.15) is 5.10 Å². The number of imide groups is 1. The minimum atomic E-state index is -0.354. The lowest BCUT2D eigenvalue weighted by Gasteiger charge is -2.26. The molecule has 0 saturated carbocycles. The Kier molecular flexibility index (Phi) is 5.23. The fourth-order valence-electron chi connectivity index (χ4n) is 5.64. The van der Waals surface area contributed by atoms with E-state index in [0.29, 0.717) is 12.8 Å². The van der Waals surface area contributed by atoms with Gasteiger partial charge in [0.05, 0.1) is 22.8 Å². The molecule has 1 aromatic heterocycles. The highest BCUT2D eigenvalue weighted by Gasteiger charge is 2.33. The molecular weight excluding hydrogens is 378 g/mol. The first kappa shape index (κ1) is 19.5. The Labute approximate surface area is 177 Å². The number of benzene rings is 1. The summed E-state index contributed by atoms with van der Waals surface area (Å²) in [6, 6.07) is 6.33. The SMILES string of the molecule is Cn1nc(C2CCC(=O)NC2=O)c2cccc(N3CCC(CC4CCNCC4)C3)c21. The molecule has 2 aromatic rings. The maximum absolute atomic E-state index is 12.4. The molecule has 30 heavy (non-hydrogen) atoms. The number of hydrogen-bond donors (Lipinski definition) is 2. The number of piperidine rings is 2. The molecule has 4 heterocycles. The van der Waals surface area contributed by atoms with Crippen LogP contribution in [-0.4, -0.2) is 47.8 Å². The number of aryl methyl sites for hydroxylation is 1. The first-order valence-electron chi connectivity index (χ1n) is 11.3. The summed E-state index contributed by atoms with van der Waals surface area (Å²) in [4.78, 5) is 26.5. The molecule has 0 radical (unpaired) electrons. The standard InChI is InChI=1S/C23H31N5O2/c1-27-22-17(21(26-27)18-5-6-20(29)25-23(18)30)3-2-4-19(22)28-12-9-16(14-28)13-15-7-10-24-11-8-15/h2-4,15-16,18,24H,5-14H2,1H3,(H,25,29,30). The summed E-state index contributed by atoms with van der Waals surface area (Å²) in [6.07, 6.45) is 6.10. The summed E-state index contributed by atoms with van der Waals surface area (Å²) >= 11 is 0. The lowest BCUT2D eigenvalue weighted by atomic mass is 9.87. The third-order valence-electron chi connectivity index (χ3n) is 7.19. The summed E-state index contributed by atoms with van der Waals surface area (Å²) < 4.78 is 1.92. The van der Waals surface area contributed by atoms with Gasteiger partial charge in [0.25, 0.3) is 0 Å². The Bertz CT molecular complexity index is 962. The molecule has 2 N–H and O–H groups in total. The van der Waals surface area contributed by atoms with Crippen LogP contribution in [0.4, 0.5) is 5.69 Å². The number of para-hydroxylation sites is 1. The number of hydrogen-bond acceptors (Lipinski definition) is 5. The van der Waals surface area contributed by atoms with Crippen LogP contribution in [0, 0.1) is 11.8 Å². The Morgan fingerprint density at radius 3 is 2.73 bits per heavy atom. The van der Waals surface area contributed by atoms with Crippen molar-refractivity contribution in [3.05, 3.63) is 23.9 Å². The van der Waals surface area contributed by atoms with Crippen LogP contribution >= 0.6 is 0 Å². The largest absolute Gasteiger partial charge is 0.369 e. The van der Waals surface area contributed by atoms with Gasteiger partial charge < -0.3 is 10.2 Å². The number of nitrogens with zero attached hydrogens (tertiary/aromatic N) is 3. The van der Waals surface area contributed by atoms with E-state index in [4.69, 9.17) is 5.10 Å². The average Bonchev–Trinajstić information content (AvgIpc) is 3.34. The van der Waals surface area contributed by atoms with E-state index < -0.39 is 0 Å². The van der Waals surface area contributed by atoms with Gasteiger partial charge in [0.2, 0.25) is 11.8 Å². The Morgan fingerprint density at radius 1 is 1.10 bits per heavy atom. The quantitative estimate of drug-likeness (QED) is 0.758. The Hall–Kier alpha value is -2.41. The summed E-state index contributed by atoms with van der Waals surface area (Å²) in [5.74, 6) is 0.857. The second-order valence-electron chi connectivity index (χ2n) is 9.22.